The van der Waals surface area contributed by atoms with Crippen LogP contribution in [0.25, 0.3) is 0 Å². The van der Waals surface area contributed by atoms with Crippen LogP contribution in [0.4, 0.5) is 0 Å². The number of hydrogen-bond donors (Lipinski definition) is 1. The number of hydrogen-bond acceptors (Lipinski definition) is 2. The van der Waals surface area contributed by atoms with Crippen molar-refractivity contribution in [3.8, 4) is 0 Å². The molecule has 0 aliphatic rings. The van der Waals surface area contributed by atoms with Gasteiger partial charge in [-0.15, -0.1) is 0 Å². The second-order valence-corrected chi connectivity index (χ2v) is 3.71. The quantitative estimate of drug-likeness (QED) is 0.600. The minimum atomic E-state index is 0.484. The zero-order chi connectivity index (χ0) is 12.5. The molecule has 1 aromatic carbocycles. The van der Waals surface area contributed by atoms with Crippen molar-refractivity contribution in [1.29, 1.82) is 0 Å². The smallest absolute Gasteiger partial charge is 0.113 e. The van der Waals surface area contributed by atoms with Crippen LogP contribution in [-0.2, 0) is 11.3 Å². The van der Waals surface area contributed by atoms with Crippen LogP contribution in [0.1, 0.15) is 12.5 Å². The number of nitrogens with two attached hydrogens (primary N) is 1. The molecule has 0 aromatic heterocycles. The van der Waals surface area contributed by atoms with Gasteiger partial charge in [0.1, 0.15) is 6.61 Å². The predicted octanol–water partition coefficient (Wildman–Crippen LogP) is 3.18. The molecule has 1 aromatic rings. The molecule has 0 saturated carbocycles. The van der Waals surface area contributed by atoms with E-state index < -0.39 is 0 Å². The van der Waals surface area contributed by atoms with Gasteiger partial charge in [-0.1, -0.05) is 49.1 Å². The molecule has 0 radical (unpaired) electrons. The SMILES string of the molecule is C=C/C=C(\C=C(/C)OCc1ccccc1)CN. The molecule has 0 aliphatic heterocycles. The van der Waals surface area contributed by atoms with Gasteiger partial charge in [-0.05, 0) is 24.1 Å². The van der Waals surface area contributed by atoms with E-state index in [4.69, 9.17) is 10.5 Å². The molecule has 0 heterocycles. The molecule has 0 amide bonds. The Bertz CT molecular complexity index is 404. The number of allylic oxidation sites excluding steroid dienone is 3. The Morgan fingerprint density at radius 2 is 2.06 bits per heavy atom. The molecule has 17 heavy (non-hydrogen) atoms. The molecule has 0 fully saturated rings. The summed E-state index contributed by atoms with van der Waals surface area (Å²) in [6.07, 6.45) is 5.54. The Morgan fingerprint density at radius 3 is 2.65 bits per heavy atom. The zero-order valence-corrected chi connectivity index (χ0v) is 10.2. The van der Waals surface area contributed by atoms with Crippen LogP contribution in [-0.4, -0.2) is 6.54 Å². The van der Waals surface area contributed by atoms with Crippen molar-refractivity contribution < 1.29 is 4.74 Å². The highest BCUT2D eigenvalue weighted by atomic mass is 16.5. The lowest BCUT2D eigenvalue weighted by Gasteiger charge is -2.07. The van der Waals surface area contributed by atoms with Gasteiger partial charge in [-0.25, -0.2) is 0 Å². The van der Waals surface area contributed by atoms with E-state index in [1.807, 2.05) is 49.4 Å². The molecule has 0 bridgehead atoms. The van der Waals surface area contributed by atoms with E-state index in [9.17, 15) is 0 Å². The van der Waals surface area contributed by atoms with Gasteiger partial charge in [0.05, 0.1) is 5.76 Å². The lowest BCUT2D eigenvalue weighted by Crippen LogP contribution is -2.02. The van der Waals surface area contributed by atoms with Crippen molar-refractivity contribution in [3.63, 3.8) is 0 Å². The highest BCUT2D eigenvalue weighted by Crippen LogP contribution is 2.07. The van der Waals surface area contributed by atoms with Crippen LogP contribution < -0.4 is 5.73 Å². The van der Waals surface area contributed by atoms with E-state index in [1.54, 1.807) is 6.08 Å². The van der Waals surface area contributed by atoms with E-state index in [0.29, 0.717) is 13.2 Å². The van der Waals surface area contributed by atoms with Crippen LogP contribution in [0, 0.1) is 0 Å². The fourth-order valence-electron chi connectivity index (χ4n) is 1.40. The minimum absolute atomic E-state index is 0.484. The first kappa shape index (κ1) is 13.3. The van der Waals surface area contributed by atoms with Crippen molar-refractivity contribution >= 4 is 0 Å². The van der Waals surface area contributed by atoms with E-state index in [-0.39, 0.29) is 0 Å². The average molecular weight is 229 g/mol. The zero-order valence-electron chi connectivity index (χ0n) is 10.2. The second kappa shape index (κ2) is 7.47. The maximum atomic E-state index is 5.64. The topological polar surface area (TPSA) is 35.2 Å². The van der Waals surface area contributed by atoms with Gasteiger partial charge in [0.15, 0.2) is 0 Å². The van der Waals surface area contributed by atoms with Crippen LogP contribution >= 0.6 is 0 Å². The van der Waals surface area contributed by atoms with Gasteiger partial charge >= 0.3 is 0 Å². The summed E-state index contributed by atoms with van der Waals surface area (Å²) in [5, 5.41) is 0. The van der Waals surface area contributed by atoms with Crippen LogP contribution in [0.2, 0.25) is 0 Å². The van der Waals surface area contributed by atoms with Crippen molar-refractivity contribution in [2.24, 2.45) is 5.73 Å². The Morgan fingerprint density at radius 1 is 1.35 bits per heavy atom. The Labute approximate surface area is 103 Å². The molecule has 90 valence electrons. The second-order valence-electron chi connectivity index (χ2n) is 3.71. The summed E-state index contributed by atoms with van der Waals surface area (Å²) in [6, 6.07) is 10.1. The van der Waals surface area contributed by atoms with Crippen LogP contribution in [0.3, 0.4) is 0 Å². The first-order valence-electron chi connectivity index (χ1n) is 5.63. The van der Waals surface area contributed by atoms with Gasteiger partial charge < -0.3 is 10.5 Å². The molecular formula is C15H19NO. The maximum Gasteiger partial charge on any atom is 0.113 e. The van der Waals surface area contributed by atoms with E-state index in [2.05, 4.69) is 6.58 Å². The van der Waals surface area contributed by atoms with Gasteiger partial charge in [-0.2, -0.15) is 0 Å². The monoisotopic (exact) mass is 229 g/mol. The maximum absolute atomic E-state index is 5.64. The lowest BCUT2D eigenvalue weighted by atomic mass is 10.2. The third kappa shape index (κ3) is 5.18. The Kier molecular flexibility index (Phi) is 5.83. The third-order valence-electron chi connectivity index (χ3n) is 2.27. The number of ether oxygens (including phenoxy) is 1. The van der Waals surface area contributed by atoms with Gasteiger partial charge in [-0.3, -0.25) is 0 Å². The predicted molar refractivity (Wildman–Crippen MR) is 72.3 cm³/mol. The average Bonchev–Trinajstić information content (AvgIpc) is 2.37. The summed E-state index contributed by atoms with van der Waals surface area (Å²) in [7, 11) is 0. The Balaban J connectivity index is 2.54. The molecule has 0 unspecified atom stereocenters. The molecule has 0 spiro atoms. The molecule has 1 rings (SSSR count). The van der Waals surface area contributed by atoms with Crippen molar-refractivity contribution in [2.75, 3.05) is 6.54 Å². The summed E-state index contributed by atoms with van der Waals surface area (Å²) in [5.74, 6) is 0.854. The van der Waals surface area contributed by atoms with Gasteiger partial charge in [0.2, 0.25) is 0 Å². The molecule has 2 N–H and O–H groups in total. The van der Waals surface area contributed by atoms with Gasteiger partial charge in [0, 0.05) is 6.54 Å². The summed E-state index contributed by atoms with van der Waals surface area (Å²) in [5.41, 5.74) is 7.76. The van der Waals surface area contributed by atoms with Crippen LogP contribution in [0.15, 0.2) is 66.5 Å². The fourth-order valence-corrected chi connectivity index (χ4v) is 1.40. The van der Waals surface area contributed by atoms with E-state index in [0.717, 1.165) is 16.9 Å². The molecule has 0 saturated heterocycles. The molecule has 0 atom stereocenters. The molecule has 2 nitrogen and oxygen atoms in total. The van der Waals surface area contributed by atoms with Gasteiger partial charge in [0.25, 0.3) is 0 Å². The summed E-state index contributed by atoms with van der Waals surface area (Å²) < 4.78 is 5.64. The fraction of sp³-hybridized carbons (Fsp3) is 0.200. The van der Waals surface area contributed by atoms with Crippen LogP contribution in [0.5, 0.6) is 0 Å². The van der Waals surface area contributed by atoms with E-state index >= 15 is 0 Å². The first-order chi connectivity index (χ1) is 8.26. The number of benzene rings is 1. The molecule has 2 heteroatoms. The minimum Gasteiger partial charge on any atom is -0.494 e. The third-order valence-corrected chi connectivity index (χ3v) is 2.27. The number of rotatable bonds is 6. The summed E-state index contributed by atoms with van der Waals surface area (Å²) in [6.45, 7) is 6.64. The van der Waals surface area contributed by atoms with E-state index in [1.165, 1.54) is 0 Å². The first-order valence-corrected chi connectivity index (χ1v) is 5.63. The molecular weight excluding hydrogens is 210 g/mol. The Hall–Kier alpha value is -1.80. The normalized spacial score (nSPS) is 12.4. The lowest BCUT2D eigenvalue weighted by molar-refractivity contribution is 0.200. The largest absolute Gasteiger partial charge is 0.494 e. The highest BCUT2D eigenvalue weighted by Gasteiger charge is 1.95. The van der Waals surface area contributed by atoms with Crippen molar-refractivity contribution in [3.05, 3.63) is 72.0 Å². The molecule has 0 aliphatic carbocycles. The summed E-state index contributed by atoms with van der Waals surface area (Å²) >= 11 is 0. The summed E-state index contributed by atoms with van der Waals surface area (Å²) in [4.78, 5) is 0. The standard InChI is InChI=1S/C15H19NO/c1-3-7-15(11-16)10-13(2)17-12-14-8-5-4-6-9-14/h3-10H,1,11-12,16H2,2H3/b13-10+,15-7+. The van der Waals surface area contributed by atoms with Crippen molar-refractivity contribution in [1.82, 2.24) is 0 Å². The van der Waals surface area contributed by atoms with Crippen molar-refractivity contribution in [2.45, 2.75) is 13.5 Å². The highest BCUT2D eigenvalue weighted by molar-refractivity contribution is 5.25.